The summed E-state index contributed by atoms with van der Waals surface area (Å²) in [5.41, 5.74) is 2.65. The molecule has 130 valence electrons. The van der Waals surface area contributed by atoms with Gasteiger partial charge in [0.25, 0.3) is 5.91 Å². The summed E-state index contributed by atoms with van der Waals surface area (Å²) in [5, 5.41) is 24.1. The molecular formula is C16H15N3O6. The van der Waals surface area contributed by atoms with Gasteiger partial charge in [0.15, 0.2) is 5.75 Å². The first-order chi connectivity index (χ1) is 12.0. The minimum atomic E-state index is -0.603. The summed E-state index contributed by atoms with van der Waals surface area (Å²) < 4.78 is 10.1. The molecule has 0 radical (unpaired) electrons. The number of rotatable bonds is 6. The molecule has 0 saturated carbocycles. The summed E-state index contributed by atoms with van der Waals surface area (Å²) in [6.45, 7) is 0. The number of carbonyl (C=O) groups excluding carboxylic acids is 1. The molecule has 0 spiro atoms. The lowest BCUT2D eigenvalue weighted by atomic mass is 10.2. The molecule has 0 aliphatic rings. The van der Waals surface area contributed by atoms with Gasteiger partial charge in [-0.05, 0) is 30.3 Å². The lowest BCUT2D eigenvalue weighted by molar-refractivity contribution is -0.385. The molecular weight excluding hydrogens is 330 g/mol. The molecule has 2 rings (SSSR count). The molecule has 0 aromatic heterocycles. The Morgan fingerprint density at radius 2 is 1.92 bits per heavy atom. The Morgan fingerprint density at radius 3 is 2.48 bits per heavy atom. The number of nitro benzene ring substituents is 1. The largest absolute Gasteiger partial charge is 0.508 e. The maximum Gasteiger partial charge on any atom is 0.315 e. The number of carbonyl (C=O) groups is 1. The molecule has 1 amide bonds. The number of phenolic OH excluding ortho intramolecular Hbond substituents is 1. The number of nitrogens with zero attached hydrogens (tertiary/aromatic N) is 2. The van der Waals surface area contributed by atoms with E-state index in [1.165, 1.54) is 56.8 Å². The highest BCUT2D eigenvalue weighted by atomic mass is 16.6. The zero-order valence-corrected chi connectivity index (χ0v) is 13.4. The maximum absolute atomic E-state index is 11.9. The Labute approximate surface area is 142 Å². The van der Waals surface area contributed by atoms with Crippen LogP contribution in [0.3, 0.4) is 0 Å². The third kappa shape index (κ3) is 4.22. The molecule has 0 aliphatic heterocycles. The molecule has 0 aliphatic carbocycles. The standard InChI is InChI=1S/C16H15N3O6/c1-24-14-8-10(7-13(19(22)23)15(14)25-2)9-17-18-16(21)11-3-5-12(20)6-4-11/h3-9,20H,1-2H3,(H,18,21)/b17-9-. The van der Waals surface area contributed by atoms with Crippen molar-refractivity contribution in [3.05, 3.63) is 57.6 Å². The Bertz CT molecular complexity index is 817. The van der Waals surface area contributed by atoms with Crippen LogP contribution >= 0.6 is 0 Å². The smallest absolute Gasteiger partial charge is 0.315 e. The summed E-state index contributed by atoms with van der Waals surface area (Å²) >= 11 is 0. The number of hydrogen-bond donors (Lipinski definition) is 2. The van der Waals surface area contributed by atoms with Gasteiger partial charge in [-0.1, -0.05) is 0 Å². The first kappa shape index (κ1) is 17.7. The first-order valence-electron chi connectivity index (χ1n) is 6.99. The van der Waals surface area contributed by atoms with E-state index in [9.17, 15) is 20.0 Å². The van der Waals surface area contributed by atoms with Crippen molar-refractivity contribution < 1.29 is 24.3 Å². The van der Waals surface area contributed by atoms with Gasteiger partial charge in [-0.25, -0.2) is 5.43 Å². The lowest BCUT2D eigenvalue weighted by Gasteiger charge is -2.08. The Hall–Kier alpha value is -3.62. The van der Waals surface area contributed by atoms with Gasteiger partial charge in [0.1, 0.15) is 5.75 Å². The van der Waals surface area contributed by atoms with Crippen LogP contribution in [0.15, 0.2) is 41.5 Å². The molecule has 9 nitrogen and oxygen atoms in total. The van der Waals surface area contributed by atoms with Crippen LogP contribution in [-0.2, 0) is 0 Å². The van der Waals surface area contributed by atoms with E-state index in [0.29, 0.717) is 11.1 Å². The molecule has 2 N–H and O–H groups in total. The van der Waals surface area contributed by atoms with Crippen molar-refractivity contribution in [2.75, 3.05) is 14.2 Å². The quantitative estimate of drug-likeness (QED) is 0.469. The molecule has 0 atom stereocenters. The van der Waals surface area contributed by atoms with Crippen LogP contribution < -0.4 is 14.9 Å². The maximum atomic E-state index is 11.9. The molecule has 0 saturated heterocycles. The molecule has 0 fully saturated rings. The van der Waals surface area contributed by atoms with E-state index in [1.807, 2.05) is 0 Å². The third-order valence-electron chi connectivity index (χ3n) is 3.19. The number of aromatic hydroxyl groups is 1. The summed E-state index contributed by atoms with van der Waals surface area (Å²) in [6, 6.07) is 8.34. The average molecular weight is 345 g/mol. The van der Waals surface area contributed by atoms with Gasteiger partial charge in [0.2, 0.25) is 5.75 Å². The van der Waals surface area contributed by atoms with E-state index in [-0.39, 0.29) is 22.9 Å². The van der Waals surface area contributed by atoms with Crippen LogP contribution in [0.1, 0.15) is 15.9 Å². The highest BCUT2D eigenvalue weighted by Gasteiger charge is 2.21. The van der Waals surface area contributed by atoms with Crippen LogP contribution in [-0.4, -0.2) is 36.4 Å². The second-order valence-corrected chi connectivity index (χ2v) is 4.78. The second-order valence-electron chi connectivity index (χ2n) is 4.78. The zero-order valence-electron chi connectivity index (χ0n) is 13.4. The minimum absolute atomic E-state index is 0.00206. The van der Waals surface area contributed by atoms with Gasteiger partial charge in [-0.3, -0.25) is 14.9 Å². The third-order valence-corrected chi connectivity index (χ3v) is 3.19. The Morgan fingerprint density at radius 1 is 1.24 bits per heavy atom. The van der Waals surface area contributed by atoms with Crippen molar-refractivity contribution in [2.24, 2.45) is 5.10 Å². The number of benzene rings is 2. The average Bonchev–Trinajstić information content (AvgIpc) is 2.61. The van der Waals surface area contributed by atoms with Crippen LogP contribution in [0, 0.1) is 10.1 Å². The second kappa shape index (κ2) is 7.77. The van der Waals surface area contributed by atoms with Gasteiger partial charge in [0.05, 0.1) is 25.4 Å². The van der Waals surface area contributed by atoms with Crippen molar-refractivity contribution in [1.82, 2.24) is 5.43 Å². The van der Waals surface area contributed by atoms with E-state index < -0.39 is 10.8 Å². The van der Waals surface area contributed by atoms with E-state index in [1.54, 1.807) is 0 Å². The molecule has 2 aromatic carbocycles. The molecule has 0 unspecified atom stereocenters. The summed E-state index contributed by atoms with van der Waals surface area (Å²) in [4.78, 5) is 22.4. The SMILES string of the molecule is COc1cc(/C=N\NC(=O)c2ccc(O)cc2)cc([N+](=O)[O-])c1OC. The van der Waals surface area contributed by atoms with Crippen molar-refractivity contribution >= 4 is 17.8 Å². The van der Waals surface area contributed by atoms with Crippen LogP contribution in [0.25, 0.3) is 0 Å². The minimum Gasteiger partial charge on any atom is -0.508 e. The molecule has 25 heavy (non-hydrogen) atoms. The van der Waals surface area contributed by atoms with Crippen LogP contribution in [0.5, 0.6) is 17.2 Å². The number of nitro groups is 1. The van der Waals surface area contributed by atoms with Crippen molar-refractivity contribution in [3.8, 4) is 17.2 Å². The van der Waals surface area contributed by atoms with Gasteiger partial charge < -0.3 is 14.6 Å². The summed E-state index contributed by atoms with van der Waals surface area (Å²) in [7, 11) is 2.66. The van der Waals surface area contributed by atoms with Gasteiger partial charge >= 0.3 is 5.69 Å². The molecule has 0 heterocycles. The zero-order chi connectivity index (χ0) is 18.4. The van der Waals surface area contributed by atoms with E-state index in [2.05, 4.69) is 10.5 Å². The number of nitrogens with one attached hydrogen (secondary N) is 1. The molecule has 0 bridgehead atoms. The molecule has 2 aromatic rings. The normalized spacial score (nSPS) is 10.5. The van der Waals surface area contributed by atoms with Gasteiger partial charge in [-0.15, -0.1) is 0 Å². The number of phenols is 1. The molecule has 9 heteroatoms. The van der Waals surface area contributed by atoms with Crippen molar-refractivity contribution in [1.29, 1.82) is 0 Å². The fourth-order valence-electron chi connectivity index (χ4n) is 2.02. The Balaban J connectivity index is 2.20. The Kier molecular flexibility index (Phi) is 5.51. The number of methoxy groups -OCH3 is 2. The van der Waals surface area contributed by atoms with E-state index >= 15 is 0 Å². The van der Waals surface area contributed by atoms with Crippen LogP contribution in [0.2, 0.25) is 0 Å². The van der Waals surface area contributed by atoms with Crippen LogP contribution in [0.4, 0.5) is 5.69 Å². The van der Waals surface area contributed by atoms with Crippen molar-refractivity contribution in [3.63, 3.8) is 0 Å². The van der Waals surface area contributed by atoms with E-state index in [0.717, 1.165) is 0 Å². The fourth-order valence-corrected chi connectivity index (χ4v) is 2.02. The van der Waals surface area contributed by atoms with E-state index in [4.69, 9.17) is 9.47 Å². The topological polar surface area (TPSA) is 123 Å². The highest BCUT2D eigenvalue weighted by molar-refractivity contribution is 5.95. The monoisotopic (exact) mass is 345 g/mol. The van der Waals surface area contributed by atoms with Crippen molar-refractivity contribution in [2.45, 2.75) is 0 Å². The van der Waals surface area contributed by atoms with Gasteiger partial charge in [0, 0.05) is 17.2 Å². The summed E-state index contributed by atoms with van der Waals surface area (Å²) in [5.74, 6) is -0.287. The summed E-state index contributed by atoms with van der Waals surface area (Å²) in [6.07, 6.45) is 1.24. The first-order valence-corrected chi connectivity index (χ1v) is 6.99. The lowest BCUT2D eigenvalue weighted by Crippen LogP contribution is -2.17. The number of hydrogen-bond acceptors (Lipinski definition) is 7. The number of hydrazone groups is 1. The predicted octanol–water partition coefficient (Wildman–Crippen LogP) is 2.08. The number of amides is 1. The van der Waals surface area contributed by atoms with Gasteiger partial charge in [-0.2, -0.15) is 5.10 Å². The highest BCUT2D eigenvalue weighted by Crippen LogP contribution is 2.37. The number of ether oxygens (including phenoxy) is 2. The predicted molar refractivity (Wildman–Crippen MR) is 89.4 cm³/mol. The fraction of sp³-hybridized carbons (Fsp3) is 0.125.